The van der Waals surface area contributed by atoms with Crippen LogP contribution in [-0.4, -0.2) is 116 Å². The molecule has 8 aromatic carbocycles. The molecule has 135 heavy (non-hydrogen) atoms. The summed E-state index contributed by atoms with van der Waals surface area (Å²) >= 11 is 85.0. The molecule has 8 aromatic rings. The Bertz CT molecular complexity index is 5610. The van der Waals surface area contributed by atoms with E-state index < -0.39 is 69.6 Å². The summed E-state index contributed by atoms with van der Waals surface area (Å²) in [5, 5.41) is 18.0. The van der Waals surface area contributed by atoms with Crippen molar-refractivity contribution in [2.24, 2.45) is 0 Å². The number of alkyl halides is 13. The minimum absolute atomic E-state index is 0.0683. The molecule has 0 aromatic heterocycles. The van der Waals surface area contributed by atoms with Gasteiger partial charge in [0.25, 0.3) is 41.4 Å². The van der Waals surface area contributed by atoms with E-state index in [0.717, 1.165) is 86.8 Å². The maximum Gasteiger partial charge on any atom is 0.289 e. The molecule has 7 fully saturated rings. The summed E-state index contributed by atoms with van der Waals surface area (Å²) in [5.41, 5.74) is 15.1. The lowest BCUT2D eigenvalue weighted by molar-refractivity contribution is -0.117. The molecule has 0 spiro atoms. The van der Waals surface area contributed by atoms with Gasteiger partial charge < -0.3 is 70.4 Å². The second kappa shape index (κ2) is 48.6. The van der Waals surface area contributed by atoms with E-state index in [2.05, 4.69) is 75.0 Å². The van der Waals surface area contributed by atoms with Crippen LogP contribution in [0.5, 0.6) is 0 Å². The Labute approximate surface area is 866 Å². The Morgan fingerprint density at radius 2 is 0.541 bits per heavy atom. The summed E-state index contributed by atoms with van der Waals surface area (Å²) in [6.45, 7) is 22.0. The molecular weight excluding hydrogens is 2130 g/mol. The summed E-state index contributed by atoms with van der Waals surface area (Å²) in [5.74, 6) is 1.71. The van der Waals surface area contributed by atoms with E-state index in [1.165, 1.54) is 5.56 Å². The van der Waals surface area contributed by atoms with Gasteiger partial charge in [-0.3, -0.25) is 33.6 Å². The molecule has 8 atom stereocenters. The van der Waals surface area contributed by atoms with Crippen molar-refractivity contribution in [2.45, 2.75) is 171 Å². The molecule has 0 bridgehead atoms. The highest BCUT2D eigenvalue weighted by Gasteiger charge is 2.47. The van der Waals surface area contributed by atoms with E-state index in [9.17, 15) is 33.6 Å². The van der Waals surface area contributed by atoms with Crippen molar-refractivity contribution in [1.82, 2.24) is 37.2 Å². The number of nitrogens with one attached hydrogen (secondary N) is 7. The lowest BCUT2D eigenvalue weighted by Gasteiger charge is -2.25. The largest absolute Gasteiger partial charge is 0.463 e. The molecule has 8 unspecified atom stereocenters. The Hall–Kier alpha value is -8.88. The first kappa shape index (κ1) is 110. The predicted molar refractivity (Wildman–Crippen MR) is 549 cm³/mol. The number of aryl methyl sites for hydroxylation is 6. The molecule has 0 aliphatic carbocycles. The average molecular weight is 2230 g/mol. The van der Waals surface area contributed by atoms with Crippen molar-refractivity contribution in [3.8, 4) is 12.3 Å². The lowest BCUT2D eigenvalue weighted by atomic mass is 10.1. The van der Waals surface area contributed by atoms with Gasteiger partial charge in [0.05, 0.1) is 5.38 Å². The van der Waals surface area contributed by atoms with Crippen molar-refractivity contribution in [2.75, 3.05) is 0 Å². The number of carbonyl (C=O) groups excluding carboxylic acids is 7. The zero-order valence-electron chi connectivity index (χ0n) is 74.4. The normalized spacial score (nSPS) is 21.2. The van der Waals surface area contributed by atoms with Gasteiger partial charge in [-0.25, -0.2) is 0 Å². The highest BCUT2D eigenvalue weighted by molar-refractivity contribution is 9.11. The van der Waals surface area contributed by atoms with Crippen LogP contribution in [0.3, 0.4) is 0 Å². The lowest BCUT2D eigenvalue weighted by Crippen LogP contribution is -2.42. The van der Waals surface area contributed by atoms with Crippen molar-refractivity contribution in [1.29, 1.82) is 0 Å². The number of terminal acetylenes is 1. The molecule has 714 valence electrons. The smallest absolute Gasteiger partial charge is 0.289 e. The Kier molecular flexibility index (Phi) is 39.5. The zero-order chi connectivity index (χ0) is 99.4. The molecule has 15 rings (SSSR count). The minimum Gasteiger partial charge on any atom is -0.463 e. The van der Waals surface area contributed by atoms with Gasteiger partial charge in [0, 0.05) is 21.8 Å². The number of hydrogen-bond acceptors (Lipinski definition) is 14. The third-order valence-electron chi connectivity index (χ3n) is 19.6. The van der Waals surface area contributed by atoms with Crippen molar-refractivity contribution in [3.05, 3.63) is 321 Å². The third-order valence-corrected chi connectivity index (χ3v) is 24.4. The number of rotatable bonds is 17. The average Bonchev–Trinajstić information content (AvgIpc) is 1.68. The van der Waals surface area contributed by atoms with Gasteiger partial charge in [-0.15, -0.1) is 23.9 Å². The fraction of sp³-hybridized carbons (Fsp3) is 0.283. The van der Waals surface area contributed by atoms with Gasteiger partial charge in [-0.05, 0) is 188 Å². The summed E-state index contributed by atoms with van der Waals surface area (Å²) in [4.78, 5) is 82.4. The molecule has 7 aliphatic heterocycles. The number of benzene rings is 8. The topological polar surface area (TPSA) is 268 Å². The van der Waals surface area contributed by atoms with Gasteiger partial charge in [0.2, 0.25) is 37.4 Å². The molecule has 7 aliphatic rings. The molecular formula is C99H94Br2Cl13N7O14. The van der Waals surface area contributed by atoms with Crippen LogP contribution in [0.1, 0.15) is 124 Å². The molecule has 7 amide bonds. The fourth-order valence-corrected chi connectivity index (χ4v) is 15.0. The van der Waals surface area contributed by atoms with Gasteiger partial charge >= 0.3 is 0 Å². The third kappa shape index (κ3) is 34.0. The minimum atomic E-state index is -1.35. The van der Waals surface area contributed by atoms with E-state index in [4.69, 9.17) is 190 Å². The first-order valence-electron chi connectivity index (χ1n) is 41.3. The Balaban J connectivity index is 0.000000177. The molecule has 36 heteroatoms. The quantitative estimate of drug-likeness (QED) is 0.0254. The van der Waals surface area contributed by atoms with Gasteiger partial charge in [0.1, 0.15) is 0 Å². The van der Waals surface area contributed by atoms with Crippen molar-refractivity contribution in [3.63, 3.8) is 0 Å². The van der Waals surface area contributed by atoms with Crippen LogP contribution in [0, 0.1) is 60.8 Å². The summed E-state index contributed by atoms with van der Waals surface area (Å²) in [6.07, 6.45) is 12.2. The van der Waals surface area contributed by atoms with Crippen molar-refractivity contribution < 1.29 is 66.7 Å². The van der Waals surface area contributed by atoms with Crippen LogP contribution in [0.25, 0.3) is 42.5 Å². The number of amides is 7. The zero-order valence-corrected chi connectivity index (χ0v) is 87.4. The van der Waals surface area contributed by atoms with E-state index >= 15 is 0 Å². The number of carbonyl (C=O) groups is 7. The fourth-order valence-electron chi connectivity index (χ4n) is 12.0. The maximum atomic E-state index is 12.1. The Morgan fingerprint density at radius 3 is 0.763 bits per heavy atom. The van der Waals surface area contributed by atoms with Gasteiger partial charge in [0.15, 0.2) is 72.5 Å². The summed E-state index contributed by atoms with van der Waals surface area (Å²) < 4.78 is 32.8. The standard InChI is InChI=1S/C19H17Cl2NO2.C15H13Cl2NO2.C13H11Br2Cl2NO2.3C13H13Cl2NO2.C13H14ClNO2/c1-13-7-9-14(10-8-13)11-16-17(23)22-18(24-16)19(20,21)12-15-5-3-2-4-6-15;1-3-8-15(16,17)14-18-13(19)12(20-14)9-11-6-4-10(2)5-7-11;1-6-8(14)3-7(4-9(6)15)5-10-11(19)18-12(20-10)13(2,16)17;3*1-8-3-5-9(6-4-8)7-10-11(17)16-12(18-10)13(2,14)15;1-8-3-5-10(6-4-8)7-11-12(16)15-13(17-11)9(2)14/h2-11,18H,12H2,1H3,(H,22,23);1,4-7,9,14H,8H2,2H3,(H,18,19);3-5,12H,1-2H3,(H,18,19);3*3-7,12H,1-2H3,(H,16,17);3-7,9,13H,1-2H3,(H,15,16)/b16-11-;12-9-;10-5-;3*10-7-;11-7-. The first-order chi connectivity index (χ1) is 63.2. The predicted octanol–water partition coefficient (Wildman–Crippen LogP) is 23.2. The second-order valence-corrected chi connectivity index (χ2v) is 44.6. The molecule has 0 saturated carbocycles. The monoisotopic (exact) mass is 2220 g/mol. The molecule has 21 nitrogen and oxygen atoms in total. The highest BCUT2D eigenvalue weighted by Crippen LogP contribution is 2.40. The maximum absolute atomic E-state index is 12.1. The molecule has 0 radical (unpaired) electrons. The number of hydrogen-bond donors (Lipinski definition) is 7. The van der Waals surface area contributed by atoms with E-state index in [1.54, 1.807) is 77.2 Å². The van der Waals surface area contributed by atoms with Crippen LogP contribution in [0.15, 0.2) is 237 Å². The van der Waals surface area contributed by atoms with Crippen LogP contribution in [0.2, 0.25) is 0 Å². The number of ether oxygens (including phenoxy) is 7. The molecule has 7 saturated heterocycles. The van der Waals surface area contributed by atoms with E-state index in [-0.39, 0.29) is 87.7 Å². The SMILES string of the molecule is C#CCC(Cl)(Cl)C1NC(=O)/C(=C/c2ccc(C)cc2)O1.Cc1c(Br)cc(/C=C2\OC(C(C)(Cl)Cl)NC2=O)cc1Br.Cc1ccc(/C=C2\OC(C(C)(Cl)Cl)NC2=O)cc1.Cc1ccc(/C=C2\OC(C(C)(Cl)Cl)NC2=O)cc1.Cc1ccc(/C=C2\OC(C(C)(Cl)Cl)NC2=O)cc1.Cc1ccc(/C=C2\OC(C(C)Cl)NC2=O)cc1.Cc1ccc(/C=C2\OC(C(Cl)(Cl)Cc3ccccc3)NC2=O)cc1. The number of halogens is 15. The Morgan fingerprint density at radius 1 is 0.326 bits per heavy atom. The highest BCUT2D eigenvalue weighted by atomic mass is 79.9. The van der Waals surface area contributed by atoms with Gasteiger partial charge in [-0.1, -0.05) is 380 Å². The summed E-state index contributed by atoms with van der Waals surface area (Å²) in [6, 6.07) is 60.0. The van der Waals surface area contributed by atoms with Crippen LogP contribution in [0.4, 0.5) is 0 Å². The van der Waals surface area contributed by atoms with Crippen LogP contribution < -0.4 is 37.2 Å². The van der Waals surface area contributed by atoms with Gasteiger partial charge in [-0.2, -0.15) is 0 Å². The van der Waals surface area contributed by atoms with E-state index in [1.807, 2.05) is 237 Å². The van der Waals surface area contributed by atoms with Crippen LogP contribution in [-0.2, 0) is 73.1 Å². The van der Waals surface area contributed by atoms with Crippen LogP contribution >= 0.6 is 183 Å². The molecule has 7 heterocycles. The molecule has 7 N–H and O–H groups in total. The van der Waals surface area contributed by atoms with E-state index in [0.29, 0.717) is 12.2 Å². The second-order valence-electron chi connectivity index (χ2n) is 32.0. The summed E-state index contributed by atoms with van der Waals surface area (Å²) in [7, 11) is 0. The first-order valence-corrected chi connectivity index (χ1v) is 47.8. The van der Waals surface area contributed by atoms with Crippen molar-refractivity contribution >= 4 is 267 Å².